The van der Waals surface area contributed by atoms with Gasteiger partial charge in [-0.1, -0.05) is 12.1 Å². The highest BCUT2D eigenvalue weighted by Crippen LogP contribution is 2.28. The third kappa shape index (κ3) is 4.45. The first kappa shape index (κ1) is 17.2. The smallest absolute Gasteiger partial charge is 0.271 e. The summed E-state index contributed by atoms with van der Waals surface area (Å²) in [6, 6.07) is 8.13. The Balaban J connectivity index is 1.73. The second-order valence-electron chi connectivity index (χ2n) is 6.16. The van der Waals surface area contributed by atoms with E-state index in [1.807, 2.05) is 32.0 Å². The quantitative estimate of drug-likeness (QED) is 0.868. The lowest BCUT2D eigenvalue weighted by Gasteiger charge is -2.30. The predicted molar refractivity (Wildman–Crippen MR) is 97.4 cm³/mol. The molecule has 0 unspecified atom stereocenters. The van der Waals surface area contributed by atoms with Crippen molar-refractivity contribution in [1.82, 2.24) is 15.3 Å². The Morgan fingerprint density at radius 3 is 2.60 bits per heavy atom. The standard InChI is InChI=1S/C18H23N5O2/c1-13(2)21-18(24)15-11-20-17(12-19-15)22-14-5-3-4-6-16(14)23-7-9-25-10-8-23/h3-6,11-13H,7-10H2,1-2H3,(H,20,22)(H,21,24). The van der Waals surface area contributed by atoms with E-state index in [9.17, 15) is 4.79 Å². The van der Waals surface area contributed by atoms with Gasteiger partial charge in [0.15, 0.2) is 0 Å². The number of rotatable bonds is 5. The maximum atomic E-state index is 11.9. The minimum Gasteiger partial charge on any atom is -0.378 e. The van der Waals surface area contributed by atoms with E-state index < -0.39 is 0 Å². The highest BCUT2D eigenvalue weighted by atomic mass is 16.5. The maximum absolute atomic E-state index is 11.9. The fraction of sp³-hybridized carbons (Fsp3) is 0.389. The van der Waals surface area contributed by atoms with Crippen LogP contribution in [-0.2, 0) is 4.74 Å². The summed E-state index contributed by atoms with van der Waals surface area (Å²) in [6.45, 7) is 6.99. The molecule has 1 aliphatic rings. The third-order valence-electron chi connectivity index (χ3n) is 3.82. The maximum Gasteiger partial charge on any atom is 0.271 e. The van der Waals surface area contributed by atoms with E-state index in [1.54, 1.807) is 6.20 Å². The van der Waals surface area contributed by atoms with Gasteiger partial charge in [-0.3, -0.25) is 4.79 Å². The van der Waals surface area contributed by atoms with Crippen LogP contribution in [0.5, 0.6) is 0 Å². The van der Waals surface area contributed by atoms with Crippen molar-refractivity contribution in [1.29, 1.82) is 0 Å². The third-order valence-corrected chi connectivity index (χ3v) is 3.82. The lowest BCUT2D eigenvalue weighted by molar-refractivity contribution is 0.0937. The molecular weight excluding hydrogens is 318 g/mol. The van der Waals surface area contributed by atoms with Crippen molar-refractivity contribution < 1.29 is 9.53 Å². The molecule has 7 nitrogen and oxygen atoms in total. The molecule has 3 rings (SSSR count). The number of morpholine rings is 1. The van der Waals surface area contributed by atoms with Crippen LogP contribution in [0.4, 0.5) is 17.2 Å². The molecule has 1 saturated heterocycles. The Labute approximate surface area is 147 Å². The topological polar surface area (TPSA) is 79.4 Å². The van der Waals surface area contributed by atoms with Crippen LogP contribution in [0.3, 0.4) is 0 Å². The molecular formula is C18H23N5O2. The zero-order valence-corrected chi connectivity index (χ0v) is 14.5. The van der Waals surface area contributed by atoms with Crippen molar-refractivity contribution in [2.45, 2.75) is 19.9 Å². The SMILES string of the molecule is CC(C)NC(=O)c1cnc(Nc2ccccc2N2CCOCC2)cn1. The highest BCUT2D eigenvalue weighted by Gasteiger charge is 2.15. The van der Waals surface area contributed by atoms with Gasteiger partial charge in [-0.15, -0.1) is 0 Å². The van der Waals surface area contributed by atoms with Gasteiger partial charge < -0.3 is 20.3 Å². The van der Waals surface area contributed by atoms with Crippen LogP contribution in [0.1, 0.15) is 24.3 Å². The number of amides is 1. The van der Waals surface area contributed by atoms with Gasteiger partial charge in [-0.2, -0.15) is 0 Å². The Bertz CT molecular complexity index is 712. The molecule has 2 heterocycles. The Hall–Kier alpha value is -2.67. The second kappa shape index (κ2) is 7.94. The summed E-state index contributed by atoms with van der Waals surface area (Å²) in [5.74, 6) is 0.379. The van der Waals surface area contributed by atoms with Crippen LogP contribution in [0.2, 0.25) is 0 Å². The summed E-state index contributed by atoms with van der Waals surface area (Å²) in [4.78, 5) is 22.7. The molecule has 0 radical (unpaired) electrons. The molecule has 1 aromatic carbocycles. The number of carbonyl (C=O) groups is 1. The fourth-order valence-electron chi connectivity index (χ4n) is 2.64. The number of nitrogens with one attached hydrogen (secondary N) is 2. The van der Waals surface area contributed by atoms with E-state index in [2.05, 4.69) is 31.6 Å². The van der Waals surface area contributed by atoms with Crippen molar-refractivity contribution in [3.63, 3.8) is 0 Å². The molecule has 0 aliphatic carbocycles. The van der Waals surface area contributed by atoms with Crippen LogP contribution >= 0.6 is 0 Å². The van der Waals surface area contributed by atoms with Crippen molar-refractivity contribution in [3.8, 4) is 0 Å². The Morgan fingerprint density at radius 1 is 1.16 bits per heavy atom. The first-order valence-electron chi connectivity index (χ1n) is 8.45. The Kier molecular flexibility index (Phi) is 5.45. The van der Waals surface area contributed by atoms with Crippen molar-refractivity contribution in [2.24, 2.45) is 0 Å². The number of carbonyl (C=O) groups excluding carboxylic acids is 1. The molecule has 0 atom stereocenters. The summed E-state index contributed by atoms with van der Waals surface area (Å²) in [5, 5.41) is 6.09. The lowest BCUT2D eigenvalue weighted by atomic mass is 10.2. The number of hydrogen-bond donors (Lipinski definition) is 2. The van der Waals surface area contributed by atoms with E-state index >= 15 is 0 Å². The number of aromatic nitrogens is 2. The minimum atomic E-state index is -0.220. The summed E-state index contributed by atoms with van der Waals surface area (Å²) >= 11 is 0. The van der Waals surface area contributed by atoms with Gasteiger partial charge >= 0.3 is 0 Å². The van der Waals surface area contributed by atoms with Crippen LogP contribution in [0.15, 0.2) is 36.7 Å². The molecule has 1 aromatic heterocycles. The van der Waals surface area contributed by atoms with Gasteiger partial charge in [0, 0.05) is 19.1 Å². The van der Waals surface area contributed by atoms with Gasteiger partial charge in [0.05, 0.1) is 37.0 Å². The fourth-order valence-corrected chi connectivity index (χ4v) is 2.64. The van der Waals surface area contributed by atoms with Gasteiger partial charge in [-0.25, -0.2) is 9.97 Å². The van der Waals surface area contributed by atoms with E-state index in [1.165, 1.54) is 6.20 Å². The number of nitrogens with zero attached hydrogens (tertiary/aromatic N) is 3. The molecule has 25 heavy (non-hydrogen) atoms. The van der Waals surface area contributed by atoms with Crippen LogP contribution in [-0.4, -0.2) is 48.2 Å². The van der Waals surface area contributed by atoms with Crippen LogP contribution in [0.25, 0.3) is 0 Å². The summed E-state index contributed by atoms with van der Waals surface area (Å²) in [5.41, 5.74) is 2.37. The normalized spacial score (nSPS) is 14.4. The van der Waals surface area contributed by atoms with Gasteiger partial charge in [-0.05, 0) is 26.0 Å². The van der Waals surface area contributed by atoms with Crippen molar-refractivity contribution in [2.75, 3.05) is 36.5 Å². The number of anilines is 3. The number of benzene rings is 1. The molecule has 1 fully saturated rings. The van der Waals surface area contributed by atoms with Gasteiger partial charge in [0.25, 0.3) is 5.91 Å². The number of hydrogen-bond acceptors (Lipinski definition) is 6. The van der Waals surface area contributed by atoms with Crippen molar-refractivity contribution >= 4 is 23.1 Å². The average molecular weight is 341 g/mol. The second-order valence-corrected chi connectivity index (χ2v) is 6.16. The first-order chi connectivity index (χ1) is 12.1. The largest absolute Gasteiger partial charge is 0.378 e. The molecule has 0 saturated carbocycles. The van der Waals surface area contributed by atoms with E-state index in [-0.39, 0.29) is 11.9 Å². The molecule has 1 aliphatic heterocycles. The van der Waals surface area contributed by atoms with E-state index in [4.69, 9.17) is 4.74 Å². The molecule has 1 amide bonds. The molecule has 7 heteroatoms. The summed E-state index contributed by atoms with van der Waals surface area (Å²) in [7, 11) is 0. The number of ether oxygens (including phenoxy) is 1. The molecule has 132 valence electrons. The average Bonchev–Trinajstić information content (AvgIpc) is 2.63. The van der Waals surface area contributed by atoms with E-state index in [0.717, 1.165) is 37.7 Å². The zero-order chi connectivity index (χ0) is 17.6. The monoisotopic (exact) mass is 341 g/mol. The predicted octanol–water partition coefficient (Wildman–Crippen LogP) is 2.19. The minimum absolute atomic E-state index is 0.0625. The van der Waals surface area contributed by atoms with Crippen LogP contribution < -0.4 is 15.5 Å². The van der Waals surface area contributed by atoms with Crippen molar-refractivity contribution in [3.05, 3.63) is 42.4 Å². The highest BCUT2D eigenvalue weighted by molar-refractivity contribution is 5.92. The zero-order valence-electron chi connectivity index (χ0n) is 14.5. The van der Waals surface area contributed by atoms with Gasteiger partial charge in [0.2, 0.25) is 0 Å². The lowest BCUT2D eigenvalue weighted by Crippen LogP contribution is -2.36. The molecule has 2 N–H and O–H groups in total. The first-order valence-corrected chi connectivity index (χ1v) is 8.45. The summed E-state index contributed by atoms with van der Waals surface area (Å²) in [6.07, 6.45) is 3.06. The number of para-hydroxylation sites is 2. The molecule has 0 spiro atoms. The molecule has 0 bridgehead atoms. The van der Waals surface area contributed by atoms with Crippen LogP contribution in [0, 0.1) is 0 Å². The van der Waals surface area contributed by atoms with E-state index in [0.29, 0.717) is 11.5 Å². The van der Waals surface area contributed by atoms with Gasteiger partial charge in [0.1, 0.15) is 11.5 Å². The summed E-state index contributed by atoms with van der Waals surface area (Å²) < 4.78 is 5.42. The Morgan fingerprint density at radius 2 is 1.92 bits per heavy atom. The molecule has 2 aromatic rings.